The van der Waals surface area contributed by atoms with Crippen molar-refractivity contribution in [1.29, 1.82) is 0 Å². The molecule has 416 valence electrons. The molecule has 6 aromatic rings. The van der Waals surface area contributed by atoms with Gasteiger partial charge in [-0.15, -0.1) is 0 Å². The molecule has 0 bridgehead atoms. The van der Waals surface area contributed by atoms with E-state index in [9.17, 15) is 9.59 Å². The predicted molar refractivity (Wildman–Crippen MR) is 304 cm³/mol. The van der Waals surface area contributed by atoms with Crippen LogP contribution in [0.2, 0.25) is 15.6 Å². The van der Waals surface area contributed by atoms with E-state index in [-0.39, 0.29) is 47.9 Å². The van der Waals surface area contributed by atoms with E-state index in [1.165, 1.54) is 5.56 Å². The molecule has 18 nitrogen and oxygen atoms in total. The quantitative estimate of drug-likeness (QED) is 0.0685. The number of nitrogens with one attached hydrogen (secondary N) is 2. The van der Waals surface area contributed by atoms with Gasteiger partial charge in [-0.1, -0.05) is 23.2 Å². The van der Waals surface area contributed by atoms with Crippen LogP contribution in [-0.4, -0.2) is 116 Å². The van der Waals surface area contributed by atoms with Crippen molar-refractivity contribution in [3.8, 4) is 11.5 Å². The van der Waals surface area contributed by atoms with Crippen molar-refractivity contribution < 1.29 is 28.9 Å². The summed E-state index contributed by atoms with van der Waals surface area (Å²) in [5, 5.41) is 15.7. The van der Waals surface area contributed by atoms with Gasteiger partial charge in [-0.3, -0.25) is 19.6 Å². The predicted octanol–water partition coefficient (Wildman–Crippen LogP) is 9.14. The number of hydrogen-bond acceptors (Lipinski definition) is 16. The van der Waals surface area contributed by atoms with Crippen molar-refractivity contribution in [2.24, 2.45) is 0 Å². The van der Waals surface area contributed by atoms with E-state index < -0.39 is 0 Å². The van der Waals surface area contributed by atoms with E-state index in [1.54, 1.807) is 64.3 Å². The van der Waals surface area contributed by atoms with Crippen LogP contribution in [0.25, 0.3) is 11.5 Å². The molecule has 2 aliphatic rings. The summed E-state index contributed by atoms with van der Waals surface area (Å²) in [5.41, 5.74) is 9.63. The third kappa shape index (κ3) is 22.9. The molecule has 21 heteroatoms. The molecular weight excluding hydrogens is 1040 g/mol. The highest BCUT2D eigenvalue weighted by molar-refractivity contribution is 6.29. The topological polar surface area (TPSA) is 216 Å². The second-order valence-corrected chi connectivity index (χ2v) is 21.5. The molecule has 0 fully saturated rings. The number of ether oxygens (including phenoxy) is 3. The maximum atomic E-state index is 12.4. The number of amides is 2. The summed E-state index contributed by atoms with van der Waals surface area (Å²) in [6.07, 6.45) is 12.7. The number of likely N-dealkylation sites (N-methyl/N-ethyl adjacent to an activating group) is 2. The van der Waals surface area contributed by atoms with Gasteiger partial charge < -0.3 is 39.8 Å². The Morgan fingerprint density at radius 3 is 1.47 bits per heavy atom. The number of rotatable bonds is 14. The van der Waals surface area contributed by atoms with Gasteiger partial charge in [-0.25, -0.2) is 29.9 Å². The van der Waals surface area contributed by atoms with Gasteiger partial charge >= 0.3 is 0 Å². The first kappa shape index (κ1) is 63.5. The van der Waals surface area contributed by atoms with Crippen LogP contribution in [0, 0.1) is 6.92 Å². The normalized spacial score (nSPS) is 12.2. The molecule has 0 unspecified atom stereocenters. The molecule has 0 aliphatic heterocycles. The Morgan fingerprint density at radius 1 is 0.584 bits per heavy atom. The summed E-state index contributed by atoms with van der Waals surface area (Å²) < 4.78 is 15.1. The van der Waals surface area contributed by atoms with Gasteiger partial charge in [-0.05, 0) is 169 Å². The lowest BCUT2D eigenvalue weighted by molar-refractivity contribution is -0.122. The largest absolute Gasteiger partial charge is 0.392 e. The zero-order valence-electron chi connectivity index (χ0n) is 46.5. The number of halogens is 3. The number of methoxy groups -OCH3 is 3. The number of fused-ring (bicyclic) bond motifs is 2. The van der Waals surface area contributed by atoms with Crippen molar-refractivity contribution in [3.05, 3.63) is 139 Å². The minimum absolute atomic E-state index is 0.0161. The highest BCUT2D eigenvalue weighted by Gasteiger charge is 2.26. The second kappa shape index (κ2) is 31.4. The van der Waals surface area contributed by atoms with Crippen LogP contribution in [0.3, 0.4) is 0 Å². The van der Waals surface area contributed by atoms with E-state index in [0.29, 0.717) is 36.0 Å². The fraction of sp³-hybridized carbons (Fsp3) is 0.464. The number of nitrogens with zero attached hydrogens (tertiary/aromatic N) is 10. The molecule has 8 rings (SSSR count). The molecule has 0 aromatic carbocycles. The van der Waals surface area contributed by atoms with Crippen LogP contribution in [0.1, 0.15) is 105 Å². The fourth-order valence-electron chi connectivity index (χ4n) is 7.99. The summed E-state index contributed by atoms with van der Waals surface area (Å²) in [6.45, 7) is 16.1. The summed E-state index contributed by atoms with van der Waals surface area (Å²) in [6, 6.07) is 14.8. The van der Waals surface area contributed by atoms with Crippen molar-refractivity contribution in [2.45, 2.75) is 124 Å². The standard InChI is InChI=1S/C21H29N5O2.C14H21ClN4O.C8H11NO.C7H8ClNO.C6H6ClNO/c1-21(2,3)25-18(27)12-26(4)20-15-7-6-8-16(15)23-19(24-20)17-11-14(13-28-5)9-10-22-17;1-14(2,3)18-11(20)8-19(4)12-9-6-5-7-10(9)16-13(15)17-12;1-7-5-8(6-10-2)3-4-9-7;1-10-5-6-2-3-9-7(8)4-6;7-6-3-5(4-9)1-2-8-6/h9-11H,6-8,12-13H2,1-5H3,(H,25,27);5-8H2,1-4H3,(H,18,20);3-5H,6H2,1-2H3;2-4H,5H2,1H3;1-3,9H,4H2. The van der Waals surface area contributed by atoms with Crippen molar-refractivity contribution in [2.75, 3.05) is 58.3 Å². The van der Waals surface area contributed by atoms with Gasteiger partial charge in [0.2, 0.25) is 17.1 Å². The first-order chi connectivity index (χ1) is 36.5. The molecule has 2 amide bonds. The van der Waals surface area contributed by atoms with Crippen LogP contribution in [0.5, 0.6) is 0 Å². The molecule has 77 heavy (non-hydrogen) atoms. The number of aromatic nitrogens is 8. The van der Waals surface area contributed by atoms with Crippen molar-refractivity contribution in [3.63, 3.8) is 0 Å². The minimum Gasteiger partial charge on any atom is -0.392 e. The van der Waals surface area contributed by atoms with Crippen molar-refractivity contribution >= 4 is 58.3 Å². The van der Waals surface area contributed by atoms with E-state index in [4.69, 9.17) is 64.1 Å². The Morgan fingerprint density at radius 2 is 1.01 bits per heavy atom. The SMILES string of the molecule is CN(CC(=O)NC(C)(C)C)c1nc(Cl)nc2c1CCC2.COCc1ccnc(-c2nc3c(c(N(C)CC(=O)NC(C)(C)C)n2)CCC3)c1.COCc1ccnc(C)c1.COCc1ccnc(Cl)c1.OCc1ccnc(Cl)c1. The van der Waals surface area contributed by atoms with Gasteiger partial charge in [0, 0.05) is 93.8 Å². The molecule has 6 aromatic heterocycles. The Hall–Kier alpha value is -5.99. The van der Waals surface area contributed by atoms with E-state index in [2.05, 4.69) is 40.5 Å². The number of hydrogen-bond donors (Lipinski definition) is 3. The van der Waals surface area contributed by atoms with Crippen LogP contribution < -0.4 is 20.4 Å². The number of aliphatic hydroxyl groups excluding tert-OH is 1. The minimum atomic E-state index is -0.261. The average Bonchev–Trinajstić information content (AvgIpc) is 4.04. The van der Waals surface area contributed by atoms with Gasteiger partial charge in [0.15, 0.2) is 5.82 Å². The molecule has 0 saturated heterocycles. The molecule has 0 atom stereocenters. The highest BCUT2D eigenvalue weighted by Crippen LogP contribution is 2.31. The maximum Gasteiger partial charge on any atom is 0.239 e. The van der Waals surface area contributed by atoms with E-state index in [1.807, 2.05) is 103 Å². The zero-order valence-corrected chi connectivity index (χ0v) is 48.8. The van der Waals surface area contributed by atoms with Gasteiger partial charge in [0.1, 0.15) is 27.6 Å². The molecule has 0 spiro atoms. The monoisotopic (exact) mass is 1120 g/mol. The molecule has 0 radical (unpaired) electrons. The lowest BCUT2D eigenvalue weighted by atomic mass is 10.1. The second-order valence-electron chi connectivity index (χ2n) is 20.3. The highest BCUT2D eigenvalue weighted by atomic mass is 35.5. The van der Waals surface area contributed by atoms with Gasteiger partial charge in [-0.2, -0.15) is 0 Å². The maximum absolute atomic E-state index is 12.4. The van der Waals surface area contributed by atoms with Crippen molar-refractivity contribution in [1.82, 2.24) is 50.5 Å². The van der Waals surface area contributed by atoms with Crippen LogP contribution >= 0.6 is 34.8 Å². The Labute approximate surface area is 469 Å². The molecule has 6 heterocycles. The Bertz CT molecular complexity index is 2780. The lowest BCUT2D eigenvalue weighted by Crippen LogP contribution is -2.45. The molecular formula is C56H75Cl3N12O6. The first-order valence-corrected chi connectivity index (χ1v) is 26.3. The number of anilines is 2. The number of aryl methyl sites for hydroxylation is 3. The third-order valence-electron chi connectivity index (χ3n) is 11.0. The summed E-state index contributed by atoms with van der Waals surface area (Å²) in [5.74, 6) is 2.14. The number of pyridine rings is 4. The summed E-state index contributed by atoms with van der Waals surface area (Å²) >= 11 is 17.1. The molecule has 0 saturated carbocycles. The Balaban J connectivity index is 0.000000226. The average molecular weight is 1120 g/mol. The lowest BCUT2D eigenvalue weighted by Gasteiger charge is -2.25. The van der Waals surface area contributed by atoms with E-state index in [0.717, 1.165) is 101 Å². The summed E-state index contributed by atoms with van der Waals surface area (Å²) in [7, 11) is 8.77. The number of carbonyl (C=O) groups excluding carboxylic acids is 2. The fourth-order valence-corrected chi connectivity index (χ4v) is 8.57. The molecule has 2 aliphatic carbocycles. The van der Waals surface area contributed by atoms with Gasteiger partial charge in [0.05, 0.1) is 45.2 Å². The Kier molecular flexibility index (Phi) is 25.9. The number of carbonyl (C=O) groups is 2. The molecule has 3 N–H and O–H groups in total. The first-order valence-electron chi connectivity index (χ1n) is 25.2. The van der Waals surface area contributed by atoms with E-state index >= 15 is 0 Å². The van der Waals surface area contributed by atoms with Crippen LogP contribution in [0.4, 0.5) is 11.6 Å². The van der Waals surface area contributed by atoms with Gasteiger partial charge in [0.25, 0.3) is 0 Å². The zero-order chi connectivity index (χ0) is 56.7. The number of aliphatic hydroxyl groups is 1. The smallest absolute Gasteiger partial charge is 0.239 e. The summed E-state index contributed by atoms with van der Waals surface area (Å²) in [4.78, 5) is 62.4. The van der Waals surface area contributed by atoms with Crippen LogP contribution in [-0.2, 0) is 75.9 Å². The third-order valence-corrected chi connectivity index (χ3v) is 11.6. The van der Waals surface area contributed by atoms with Crippen LogP contribution in [0.15, 0.2) is 73.3 Å².